The van der Waals surface area contributed by atoms with E-state index >= 15 is 0 Å². The van der Waals surface area contributed by atoms with Gasteiger partial charge >= 0.3 is 0 Å². The van der Waals surface area contributed by atoms with Crippen LogP contribution in [-0.2, 0) is 0 Å². The largest absolute Gasteiger partial charge is 0.306 e. The van der Waals surface area contributed by atoms with Crippen LogP contribution in [0, 0.1) is 0 Å². The highest BCUT2D eigenvalue weighted by Gasteiger charge is 2.02. The average Bonchev–Trinajstić information content (AvgIpc) is 2.72. The first-order valence-corrected chi connectivity index (χ1v) is 14.9. The van der Waals surface area contributed by atoms with Crippen LogP contribution in [0.25, 0.3) is 0 Å². The van der Waals surface area contributed by atoms with Gasteiger partial charge in [-0.3, -0.25) is 0 Å². The maximum atomic E-state index is 6.01. The van der Waals surface area contributed by atoms with Crippen molar-refractivity contribution in [3.8, 4) is 0 Å². The molecule has 2 atom stereocenters. The van der Waals surface area contributed by atoms with E-state index in [1.165, 1.54) is 129 Å². The normalized spacial score (nSPS) is 13.5. The minimum atomic E-state index is 0. The Bertz CT molecular complexity index is 333. The van der Waals surface area contributed by atoms with Gasteiger partial charge in [-0.2, -0.15) is 0 Å². The molecule has 0 rings (SSSR count). The highest BCUT2D eigenvalue weighted by Crippen LogP contribution is 2.13. The third-order valence-corrected chi connectivity index (χ3v) is 7.05. The van der Waals surface area contributed by atoms with Gasteiger partial charge in [-0.25, -0.2) is 0 Å². The summed E-state index contributed by atoms with van der Waals surface area (Å²) in [7, 11) is 4.51. The smallest absolute Gasteiger partial charge is 0.0308 e. The van der Waals surface area contributed by atoms with Gasteiger partial charge in [0.2, 0.25) is 0 Å². The highest BCUT2D eigenvalue weighted by atomic mass is 35.5. The van der Waals surface area contributed by atoms with Gasteiger partial charge in [0.15, 0.2) is 0 Å². The maximum Gasteiger partial charge on any atom is 0.0308 e. The molecular weight excluding hydrogens is 471 g/mol. The molecule has 0 N–H and O–H groups in total. The molecule has 0 aromatic rings. The molecule has 0 aromatic heterocycles. The van der Waals surface area contributed by atoms with E-state index in [0.717, 1.165) is 12.8 Å². The van der Waals surface area contributed by atoms with E-state index in [2.05, 4.69) is 37.7 Å². The van der Waals surface area contributed by atoms with Crippen LogP contribution in [-0.4, -0.2) is 60.8 Å². The molecule has 0 amide bonds. The minimum Gasteiger partial charge on any atom is -0.306 e. The second kappa shape index (κ2) is 27.4. The third-order valence-electron chi connectivity index (χ3n) is 6.61. The predicted octanol–water partition coefficient (Wildman–Crippen LogP) is 9.55. The summed E-state index contributed by atoms with van der Waals surface area (Å²) in [5.74, 6) is 0. The summed E-state index contributed by atoms with van der Waals surface area (Å²) in [5, 5.41) is 0.651. The topological polar surface area (TPSA) is 6.48 Å². The predicted molar refractivity (Wildman–Crippen MR) is 156 cm³/mol. The Balaban J connectivity index is 0. The van der Waals surface area contributed by atoms with Gasteiger partial charge in [-0.1, -0.05) is 77.0 Å². The van der Waals surface area contributed by atoms with Crippen molar-refractivity contribution in [3.63, 3.8) is 0 Å². The van der Waals surface area contributed by atoms with Crippen molar-refractivity contribution in [3.05, 3.63) is 0 Å². The summed E-state index contributed by atoms with van der Waals surface area (Å²) in [6, 6.07) is 0. The highest BCUT2D eigenvalue weighted by molar-refractivity contribution is 6.20. The van der Waals surface area contributed by atoms with Crippen LogP contribution in [0.3, 0.4) is 0 Å². The average molecular weight is 530 g/mol. The molecule has 0 spiro atoms. The number of rotatable bonds is 25. The standard InChI is InChI=1S/C28H58Cl2N2.ClH/c1-27(29)21-19-25-31(3)23-17-15-13-11-9-7-5-6-8-10-12-14-16-18-24-32(4)26-20-22-28(2)30;/h27-28H,5-26H2,1-4H3;1H. The molecule has 33 heavy (non-hydrogen) atoms. The number of nitrogens with zero attached hydrogens (tertiary/aromatic N) is 2. The number of alkyl halides is 2. The van der Waals surface area contributed by atoms with Gasteiger partial charge in [0.05, 0.1) is 0 Å². The van der Waals surface area contributed by atoms with Gasteiger partial charge < -0.3 is 9.80 Å². The van der Waals surface area contributed by atoms with Gasteiger partial charge in [0.1, 0.15) is 0 Å². The van der Waals surface area contributed by atoms with E-state index < -0.39 is 0 Å². The molecule has 202 valence electrons. The van der Waals surface area contributed by atoms with Crippen LogP contribution >= 0.6 is 35.6 Å². The zero-order chi connectivity index (χ0) is 23.9. The quantitative estimate of drug-likeness (QED) is 0.0857. The SMILES string of the molecule is CC(Cl)CCCN(C)CCCCCCCCCCCCCCCCN(C)CCCC(C)Cl.Cl. The van der Waals surface area contributed by atoms with E-state index in [4.69, 9.17) is 23.2 Å². The molecule has 0 aliphatic heterocycles. The van der Waals surface area contributed by atoms with Gasteiger partial charge in [-0.15, -0.1) is 35.6 Å². The number of halogens is 3. The zero-order valence-corrected chi connectivity index (χ0v) is 25.1. The van der Waals surface area contributed by atoms with E-state index in [1.807, 2.05) is 0 Å². The third kappa shape index (κ3) is 30.8. The lowest BCUT2D eigenvalue weighted by Crippen LogP contribution is -2.21. The van der Waals surface area contributed by atoms with Crippen molar-refractivity contribution < 1.29 is 0 Å². The molecule has 0 aromatic carbocycles. The molecule has 0 saturated heterocycles. The molecule has 0 heterocycles. The molecule has 0 bridgehead atoms. The van der Waals surface area contributed by atoms with E-state index in [-0.39, 0.29) is 12.4 Å². The number of hydrogen-bond donors (Lipinski definition) is 0. The van der Waals surface area contributed by atoms with Gasteiger partial charge in [0.25, 0.3) is 0 Å². The maximum absolute atomic E-state index is 6.01. The Morgan fingerprint density at radius 3 is 0.879 bits per heavy atom. The van der Waals surface area contributed by atoms with Crippen molar-refractivity contribution in [2.75, 3.05) is 40.3 Å². The summed E-state index contributed by atoms with van der Waals surface area (Å²) < 4.78 is 0. The Hall–Kier alpha value is 0.790. The van der Waals surface area contributed by atoms with E-state index in [0.29, 0.717) is 10.8 Å². The van der Waals surface area contributed by atoms with E-state index in [9.17, 15) is 0 Å². The number of hydrogen-bond acceptors (Lipinski definition) is 2. The van der Waals surface area contributed by atoms with Crippen LogP contribution in [0.2, 0.25) is 0 Å². The molecule has 0 aliphatic carbocycles. The second-order valence-electron chi connectivity index (χ2n) is 10.4. The van der Waals surface area contributed by atoms with Crippen molar-refractivity contribution in [1.82, 2.24) is 9.80 Å². The van der Waals surface area contributed by atoms with Crippen molar-refractivity contribution in [1.29, 1.82) is 0 Å². The summed E-state index contributed by atoms with van der Waals surface area (Å²) in [6.07, 6.45) is 24.7. The van der Waals surface area contributed by atoms with Crippen LogP contribution in [0.15, 0.2) is 0 Å². The number of unbranched alkanes of at least 4 members (excludes halogenated alkanes) is 13. The van der Waals surface area contributed by atoms with E-state index in [1.54, 1.807) is 0 Å². The molecule has 0 radical (unpaired) electrons. The molecule has 5 heteroatoms. The lowest BCUT2D eigenvalue weighted by Gasteiger charge is -2.16. The summed E-state index contributed by atoms with van der Waals surface area (Å²) in [4.78, 5) is 4.95. The first-order valence-electron chi connectivity index (χ1n) is 14.1. The molecule has 0 saturated carbocycles. The zero-order valence-electron chi connectivity index (χ0n) is 22.8. The monoisotopic (exact) mass is 528 g/mol. The summed E-state index contributed by atoms with van der Waals surface area (Å²) >= 11 is 12.0. The van der Waals surface area contributed by atoms with Gasteiger partial charge in [-0.05, 0) is 92.6 Å². The fourth-order valence-electron chi connectivity index (χ4n) is 4.39. The Kier molecular flexibility index (Phi) is 29.8. The molecule has 0 fully saturated rings. The summed E-state index contributed by atoms with van der Waals surface area (Å²) in [5.41, 5.74) is 0. The fourth-order valence-corrected chi connectivity index (χ4v) is 4.70. The molecule has 2 nitrogen and oxygen atoms in total. The van der Waals surface area contributed by atoms with Gasteiger partial charge in [0, 0.05) is 10.8 Å². The van der Waals surface area contributed by atoms with Crippen LogP contribution in [0.5, 0.6) is 0 Å². The van der Waals surface area contributed by atoms with Crippen molar-refractivity contribution in [2.45, 2.75) is 140 Å². The Morgan fingerprint density at radius 2 is 0.636 bits per heavy atom. The second-order valence-corrected chi connectivity index (χ2v) is 11.9. The fraction of sp³-hybridized carbons (Fsp3) is 1.00. The molecular formula is C28H59Cl3N2. The Labute approximate surface area is 225 Å². The van der Waals surface area contributed by atoms with Crippen LogP contribution in [0.1, 0.15) is 129 Å². The first-order chi connectivity index (χ1) is 15.4. The molecule has 2 unspecified atom stereocenters. The lowest BCUT2D eigenvalue weighted by atomic mass is 10.0. The van der Waals surface area contributed by atoms with Crippen molar-refractivity contribution in [2.24, 2.45) is 0 Å². The summed E-state index contributed by atoms with van der Waals surface area (Å²) in [6.45, 7) is 9.09. The lowest BCUT2D eigenvalue weighted by molar-refractivity contribution is 0.316. The van der Waals surface area contributed by atoms with Crippen molar-refractivity contribution >= 4 is 35.6 Å². The Morgan fingerprint density at radius 1 is 0.424 bits per heavy atom. The van der Waals surface area contributed by atoms with Crippen LogP contribution in [0.4, 0.5) is 0 Å². The van der Waals surface area contributed by atoms with Crippen LogP contribution < -0.4 is 0 Å². The molecule has 0 aliphatic rings. The first kappa shape index (κ1) is 35.9. The minimum absolute atomic E-state index is 0.